The molecule has 0 bridgehead atoms. The molecule has 0 aliphatic heterocycles. The van der Waals surface area contributed by atoms with E-state index in [-0.39, 0.29) is 18.3 Å². The SMILES string of the molecule is CCn1ccc(C(=O)N(CCN(C)C)c2nc3c(C)c(C)ccc3s2)n1.Cl. The van der Waals surface area contributed by atoms with Crippen LogP contribution in [0.5, 0.6) is 0 Å². The molecule has 0 aliphatic carbocycles. The van der Waals surface area contributed by atoms with E-state index in [2.05, 4.69) is 36.0 Å². The smallest absolute Gasteiger partial charge is 0.280 e. The van der Waals surface area contributed by atoms with Crippen molar-refractivity contribution in [1.82, 2.24) is 19.7 Å². The zero-order chi connectivity index (χ0) is 18.8. The molecule has 0 fully saturated rings. The second-order valence-electron chi connectivity index (χ2n) is 6.67. The van der Waals surface area contributed by atoms with E-state index in [0.717, 1.165) is 28.4 Å². The molecule has 6 nitrogen and oxygen atoms in total. The monoisotopic (exact) mass is 407 g/mol. The van der Waals surface area contributed by atoms with E-state index in [1.54, 1.807) is 27.0 Å². The van der Waals surface area contributed by atoms with Gasteiger partial charge in [-0.2, -0.15) is 5.10 Å². The molecule has 0 saturated heterocycles. The van der Waals surface area contributed by atoms with Gasteiger partial charge in [-0.15, -0.1) is 12.4 Å². The van der Waals surface area contributed by atoms with E-state index >= 15 is 0 Å². The molecule has 2 aromatic heterocycles. The molecule has 0 radical (unpaired) electrons. The minimum atomic E-state index is -0.104. The zero-order valence-corrected chi connectivity index (χ0v) is 18.0. The van der Waals surface area contributed by atoms with Crippen molar-refractivity contribution < 1.29 is 4.79 Å². The van der Waals surface area contributed by atoms with Crippen molar-refractivity contribution in [3.05, 3.63) is 41.2 Å². The number of aryl methyl sites for hydroxylation is 3. The van der Waals surface area contributed by atoms with Crippen LogP contribution in [0.15, 0.2) is 24.4 Å². The number of halogens is 1. The number of benzene rings is 1. The Balaban J connectivity index is 0.00000261. The summed E-state index contributed by atoms with van der Waals surface area (Å²) in [5, 5.41) is 5.10. The number of likely N-dealkylation sites (N-methyl/N-ethyl adjacent to an activating group) is 1. The van der Waals surface area contributed by atoms with Crippen LogP contribution in [0.4, 0.5) is 5.13 Å². The van der Waals surface area contributed by atoms with Gasteiger partial charge in [-0.1, -0.05) is 17.4 Å². The van der Waals surface area contributed by atoms with Gasteiger partial charge in [0.1, 0.15) is 0 Å². The number of rotatable bonds is 6. The number of hydrogen-bond donors (Lipinski definition) is 0. The third-order valence-electron chi connectivity index (χ3n) is 4.50. The predicted molar refractivity (Wildman–Crippen MR) is 114 cm³/mol. The first-order valence-corrected chi connectivity index (χ1v) is 9.59. The molecule has 27 heavy (non-hydrogen) atoms. The van der Waals surface area contributed by atoms with Crippen LogP contribution in [-0.4, -0.2) is 52.8 Å². The maximum Gasteiger partial charge on any atom is 0.280 e. The van der Waals surface area contributed by atoms with Crippen molar-refractivity contribution in [2.75, 3.05) is 32.1 Å². The molecule has 0 aliphatic rings. The summed E-state index contributed by atoms with van der Waals surface area (Å²) in [6.45, 7) is 8.24. The largest absolute Gasteiger partial charge is 0.308 e. The van der Waals surface area contributed by atoms with E-state index in [4.69, 9.17) is 4.98 Å². The summed E-state index contributed by atoms with van der Waals surface area (Å²) in [4.78, 5) is 21.7. The van der Waals surface area contributed by atoms with Gasteiger partial charge in [0.2, 0.25) is 0 Å². The highest BCUT2D eigenvalue weighted by atomic mass is 35.5. The zero-order valence-electron chi connectivity index (χ0n) is 16.4. The number of amides is 1. The molecule has 0 saturated carbocycles. The number of aromatic nitrogens is 3. The Morgan fingerprint density at radius 2 is 1.93 bits per heavy atom. The van der Waals surface area contributed by atoms with Gasteiger partial charge in [0.05, 0.1) is 10.2 Å². The number of hydrogen-bond acceptors (Lipinski definition) is 5. The number of carbonyl (C=O) groups is 1. The summed E-state index contributed by atoms with van der Waals surface area (Å²) in [7, 11) is 4.00. The van der Waals surface area contributed by atoms with Gasteiger partial charge in [-0.05, 0) is 58.1 Å². The molecule has 0 spiro atoms. The van der Waals surface area contributed by atoms with Crippen molar-refractivity contribution in [2.24, 2.45) is 0 Å². The molecular weight excluding hydrogens is 382 g/mol. The van der Waals surface area contributed by atoms with Crippen molar-refractivity contribution in [2.45, 2.75) is 27.3 Å². The van der Waals surface area contributed by atoms with E-state index in [1.165, 1.54) is 11.1 Å². The lowest BCUT2D eigenvalue weighted by atomic mass is 10.1. The van der Waals surface area contributed by atoms with Gasteiger partial charge in [0, 0.05) is 25.8 Å². The van der Waals surface area contributed by atoms with Crippen LogP contribution in [0.25, 0.3) is 10.2 Å². The minimum absolute atomic E-state index is 0. The average Bonchev–Trinajstić information content (AvgIpc) is 3.25. The van der Waals surface area contributed by atoms with Gasteiger partial charge < -0.3 is 4.90 Å². The highest BCUT2D eigenvalue weighted by Gasteiger charge is 2.23. The molecular formula is C19H26ClN5OS. The number of nitrogens with zero attached hydrogens (tertiary/aromatic N) is 5. The van der Waals surface area contributed by atoms with E-state index in [0.29, 0.717) is 12.2 Å². The van der Waals surface area contributed by atoms with Gasteiger partial charge in [0.25, 0.3) is 5.91 Å². The lowest BCUT2D eigenvalue weighted by Crippen LogP contribution is -2.37. The fraction of sp³-hybridized carbons (Fsp3) is 0.421. The third kappa shape index (κ3) is 4.48. The number of fused-ring (bicyclic) bond motifs is 1. The first-order valence-electron chi connectivity index (χ1n) is 8.77. The summed E-state index contributed by atoms with van der Waals surface area (Å²) < 4.78 is 2.87. The highest BCUT2D eigenvalue weighted by Crippen LogP contribution is 2.32. The lowest BCUT2D eigenvalue weighted by Gasteiger charge is -2.21. The Kier molecular flexibility index (Phi) is 6.97. The second kappa shape index (κ2) is 8.82. The van der Waals surface area contributed by atoms with Crippen molar-refractivity contribution >= 4 is 45.0 Å². The number of thiazole rings is 1. The van der Waals surface area contributed by atoms with Gasteiger partial charge in [-0.3, -0.25) is 14.4 Å². The fourth-order valence-corrected chi connectivity index (χ4v) is 3.75. The molecule has 8 heteroatoms. The summed E-state index contributed by atoms with van der Waals surface area (Å²) in [6, 6.07) is 5.96. The van der Waals surface area contributed by atoms with Crippen LogP contribution >= 0.6 is 23.7 Å². The van der Waals surface area contributed by atoms with Gasteiger partial charge in [0.15, 0.2) is 10.8 Å². The minimum Gasteiger partial charge on any atom is -0.308 e. The third-order valence-corrected chi connectivity index (χ3v) is 5.55. The second-order valence-corrected chi connectivity index (χ2v) is 7.68. The summed E-state index contributed by atoms with van der Waals surface area (Å²) in [6.07, 6.45) is 1.84. The van der Waals surface area contributed by atoms with Crippen LogP contribution in [0.1, 0.15) is 28.5 Å². The fourth-order valence-electron chi connectivity index (χ4n) is 2.70. The van der Waals surface area contributed by atoms with E-state index in [9.17, 15) is 4.79 Å². The van der Waals surface area contributed by atoms with Crippen molar-refractivity contribution in [3.8, 4) is 0 Å². The van der Waals surface area contributed by atoms with Crippen molar-refractivity contribution in [3.63, 3.8) is 0 Å². The maximum absolute atomic E-state index is 13.1. The topological polar surface area (TPSA) is 54.3 Å². The Morgan fingerprint density at radius 1 is 1.19 bits per heavy atom. The summed E-state index contributed by atoms with van der Waals surface area (Å²) >= 11 is 1.56. The Labute approximate surface area is 170 Å². The molecule has 1 amide bonds. The van der Waals surface area contributed by atoms with E-state index in [1.807, 2.05) is 27.2 Å². The van der Waals surface area contributed by atoms with Crippen molar-refractivity contribution in [1.29, 1.82) is 0 Å². The normalized spacial score (nSPS) is 11.0. The highest BCUT2D eigenvalue weighted by molar-refractivity contribution is 7.22. The van der Waals surface area contributed by atoms with Gasteiger partial charge in [-0.25, -0.2) is 4.98 Å². The molecule has 1 aromatic carbocycles. The molecule has 0 unspecified atom stereocenters. The molecule has 146 valence electrons. The van der Waals surface area contributed by atoms with Crippen LogP contribution in [-0.2, 0) is 6.54 Å². The van der Waals surface area contributed by atoms with Gasteiger partial charge >= 0.3 is 0 Å². The van der Waals surface area contributed by atoms with Crippen LogP contribution in [0.2, 0.25) is 0 Å². The number of carbonyl (C=O) groups excluding carboxylic acids is 1. The molecule has 3 aromatic rings. The van der Waals surface area contributed by atoms with Crippen LogP contribution in [0, 0.1) is 13.8 Å². The average molecular weight is 408 g/mol. The lowest BCUT2D eigenvalue weighted by molar-refractivity contribution is 0.0979. The first-order chi connectivity index (χ1) is 12.4. The molecule has 3 rings (SSSR count). The van der Waals surface area contributed by atoms with Crippen LogP contribution < -0.4 is 4.90 Å². The first kappa shape index (κ1) is 21.3. The van der Waals surface area contributed by atoms with E-state index < -0.39 is 0 Å². The molecule has 0 atom stereocenters. The Bertz CT molecular complexity index is 933. The number of anilines is 1. The predicted octanol–water partition coefficient (Wildman–Crippen LogP) is 3.76. The maximum atomic E-state index is 13.1. The van der Waals surface area contributed by atoms with Crippen LogP contribution in [0.3, 0.4) is 0 Å². The Morgan fingerprint density at radius 3 is 2.56 bits per heavy atom. The Hall–Kier alpha value is -1.96. The quantitative estimate of drug-likeness (QED) is 0.624. The summed E-state index contributed by atoms with van der Waals surface area (Å²) in [5.41, 5.74) is 3.81. The molecule has 0 N–H and O–H groups in total. The standard InChI is InChI=1S/C19H25N5OS.ClH/c1-6-23-10-9-15(21-23)18(25)24(12-11-22(4)5)19-20-17-14(3)13(2)7-8-16(17)26-19;/h7-10H,6,11-12H2,1-5H3;1H. The molecule has 2 heterocycles. The summed E-state index contributed by atoms with van der Waals surface area (Å²) in [5.74, 6) is -0.104.